The lowest BCUT2D eigenvalue weighted by Gasteiger charge is -2.38. The van der Waals surface area contributed by atoms with Crippen molar-refractivity contribution >= 4 is 17.5 Å². The highest BCUT2D eigenvalue weighted by Crippen LogP contribution is 2.26. The molecule has 2 fully saturated rings. The van der Waals surface area contributed by atoms with Crippen LogP contribution >= 0.6 is 0 Å². The van der Waals surface area contributed by atoms with Crippen LogP contribution in [0.25, 0.3) is 0 Å². The summed E-state index contributed by atoms with van der Waals surface area (Å²) in [4.78, 5) is 21.1. The van der Waals surface area contributed by atoms with Gasteiger partial charge in [0.25, 0.3) is 0 Å². The van der Waals surface area contributed by atoms with E-state index in [-0.39, 0.29) is 5.97 Å². The van der Waals surface area contributed by atoms with Gasteiger partial charge in [-0.05, 0) is 32.4 Å². The van der Waals surface area contributed by atoms with Gasteiger partial charge < -0.3 is 15.4 Å². The van der Waals surface area contributed by atoms with Gasteiger partial charge in [0.2, 0.25) is 0 Å². The Hall–Kier alpha value is -1.82. The molecule has 2 aliphatic heterocycles. The van der Waals surface area contributed by atoms with Gasteiger partial charge in [-0.15, -0.1) is 0 Å². The number of carbonyl (C=O) groups is 1. The van der Waals surface area contributed by atoms with E-state index in [4.69, 9.17) is 10.5 Å². The molecule has 6 nitrogen and oxygen atoms in total. The maximum Gasteiger partial charge on any atom is 0.340 e. The lowest BCUT2D eigenvalue weighted by Crippen LogP contribution is -2.50. The Bertz CT molecular complexity index is 534. The Morgan fingerprint density at radius 3 is 3.14 bits per heavy atom. The summed E-state index contributed by atoms with van der Waals surface area (Å²) in [6.07, 6.45) is 4.08. The van der Waals surface area contributed by atoms with Gasteiger partial charge in [-0.3, -0.25) is 4.90 Å². The standard InChI is InChI=1S/C15H22N4O2/c1-2-21-15(20)12-8-14(17-9-13(12)16)19-7-6-18-5-3-4-11(18)10-19/h8-9,11H,2-7,10,16H2,1H3. The van der Waals surface area contributed by atoms with Crippen LogP contribution in [0.1, 0.15) is 30.1 Å². The molecule has 2 aliphatic rings. The first-order valence-electron chi connectivity index (χ1n) is 7.60. The predicted octanol–water partition coefficient (Wildman–Crippen LogP) is 1.12. The van der Waals surface area contributed by atoms with Crippen molar-refractivity contribution in [2.24, 2.45) is 0 Å². The number of anilines is 2. The van der Waals surface area contributed by atoms with E-state index in [0.29, 0.717) is 23.9 Å². The van der Waals surface area contributed by atoms with Crippen molar-refractivity contribution < 1.29 is 9.53 Å². The Morgan fingerprint density at radius 1 is 1.48 bits per heavy atom. The van der Waals surface area contributed by atoms with E-state index in [1.54, 1.807) is 19.2 Å². The topological polar surface area (TPSA) is 71.7 Å². The molecule has 21 heavy (non-hydrogen) atoms. The van der Waals surface area contributed by atoms with E-state index in [0.717, 1.165) is 25.5 Å². The van der Waals surface area contributed by atoms with E-state index in [2.05, 4.69) is 14.8 Å². The Morgan fingerprint density at radius 2 is 2.33 bits per heavy atom. The van der Waals surface area contributed by atoms with Gasteiger partial charge in [-0.2, -0.15) is 0 Å². The fourth-order valence-electron chi connectivity index (χ4n) is 3.21. The average molecular weight is 290 g/mol. The zero-order chi connectivity index (χ0) is 14.8. The van der Waals surface area contributed by atoms with Gasteiger partial charge in [0.05, 0.1) is 24.1 Å². The van der Waals surface area contributed by atoms with Crippen molar-refractivity contribution in [3.8, 4) is 0 Å². The second kappa shape index (κ2) is 5.89. The third kappa shape index (κ3) is 2.81. The van der Waals surface area contributed by atoms with Gasteiger partial charge >= 0.3 is 5.97 Å². The molecule has 0 radical (unpaired) electrons. The molecule has 0 bridgehead atoms. The van der Waals surface area contributed by atoms with E-state index < -0.39 is 0 Å². The zero-order valence-corrected chi connectivity index (χ0v) is 12.4. The molecule has 0 amide bonds. The minimum Gasteiger partial charge on any atom is -0.462 e. The molecule has 0 spiro atoms. The SMILES string of the molecule is CCOC(=O)c1cc(N2CCN3CCCC3C2)ncc1N. The third-order valence-corrected chi connectivity index (χ3v) is 4.33. The first-order chi connectivity index (χ1) is 10.2. The normalized spacial score (nSPS) is 22.1. The van der Waals surface area contributed by atoms with Crippen LogP contribution in [0.3, 0.4) is 0 Å². The highest BCUT2D eigenvalue weighted by atomic mass is 16.5. The van der Waals surface area contributed by atoms with E-state index in [9.17, 15) is 4.79 Å². The number of piperazine rings is 1. The molecule has 6 heteroatoms. The quantitative estimate of drug-likeness (QED) is 0.841. The van der Waals surface area contributed by atoms with Crippen LogP contribution in [0, 0.1) is 0 Å². The first-order valence-corrected chi connectivity index (χ1v) is 7.60. The summed E-state index contributed by atoms with van der Waals surface area (Å²) >= 11 is 0. The number of rotatable bonds is 3. The van der Waals surface area contributed by atoms with Crippen molar-refractivity contribution in [1.82, 2.24) is 9.88 Å². The lowest BCUT2D eigenvalue weighted by molar-refractivity contribution is 0.0527. The molecule has 2 saturated heterocycles. The molecular formula is C15H22N4O2. The average Bonchev–Trinajstić information content (AvgIpc) is 2.95. The zero-order valence-electron chi connectivity index (χ0n) is 12.4. The number of aromatic nitrogens is 1. The number of esters is 1. The molecule has 1 unspecified atom stereocenters. The van der Waals surface area contributed by atoms with Crippen LogP contribution in [0.15, 0.2) is 12.3 Å². The molecule has 3 heterocycles. The number of hydrogen-bond acceptors (Lipinski definition) is 6. The first kappa shape index (κ1) is 14.1. The van der Waals surface area contributed by atoms with Crippen LogP contribution in [0.5, 0.6) is 0 Å². The molecule has 1 atom stereocenters. The molecular weight excluding hydrogens is 268 g/mol. The van der Waals surface area contributed by atoms with E-state index in [1.807, 2.05) is 0 Å². The fraction of sp³-hybridized carbons (Fsp3) is 0.600. The molecule has 0 aromatic carbocycles. The largest absolute Gasteiger partial charge is 0.462 e. The maximum atomic E-state index is 11.9. The number of nitrogen functional groups attached to an aromatic ring is 1. The number of nitrogens with two attached hydrogens (primary N) is 1. The lowest BCUT2D eigenvalue weighted by atomic mass is 10.1. The molecule has 114 valence electrons. The van der Waals surface area contributed by atoms with E-state index >= 15 is 0 Å². The second-order valence-electron chi connectivity index (χ2n) is 5.63. The Balaban J connectivity index is 1.79. The minimum atomic E-state index is -0.377. The number of hydrogen-bond donors (Lipinski definition) is 1. The van der Waals surface area contributed by atoms with Gasteiger partial charge in [-0.25, -0.2) is 9.78 Å². The molecule has 3 rings (SSSR count). The maximum absolute atomic E-state index is 11.9. The number of pyridine rings is 1. The number of ether oxygens (including phenoxy) is 1. The van der Waals surface area contributed by atoms with Crippen molar-refractivity contribution in [2.45, 2.75) is 25.8 Å². The van der Waals surface area contributed by atoms with Crippen molar-refractivity contribution in [3.63, 3.8) is 0 Å². The summed E-state index contributed by atoms with van der Waals surface area (Å²) in [5.74, 6) is 0.442. The summed E-state index contributed by atoms with van der Waals surface area (Å²) in [6, 6.07) is 2.38. The van der Waals surface area contributed by atoms with Gasteiger partial charge in [-0.1, -0.05) is 0 Å². The van der Waals surface area contributed by atoms with Crippen LogP contribution < -0.4 is 10.6 Å². The van der Waals surface area contributed by atoms with Crippen molar-refractivity contribution in [2.75, 3.05) is 43.4 Å². The molecule has 0 saturated carbocycles. The van der Waals surface area contributed by atoms with Gasteiger partial charge in [0.15, 0.2) is 0 Å². The Labute approximate surface area is 124 Å². The van der Waals surface area contributed by atoms with Gasteiger partial charge in [0.1, 0.15) is 5.82 Å². The predicted molar refractivity (Wildman–Crippen MR) is 81.4 cm³/mol. The highest BCUT2D eigenvalue weighted by molar-refractivity contribution is 5.95. The summed E-state index contributed by atoms with van der Waals surface area (Å²) < 4.78 is 5.05. The molecule has 1 aromatic rings. The van der Waals surface area contributed by atoms with Crippen LogP contribution in [-0.2, 0) is 4.74 Å². The van der Waals surface area contributed by atoms with Crippen LogP contribution in [0.4, 0.5) is 11.5 Å². The smallest absolute Gasteiger partial charge is 0.340 e. The summed E-state index contributed by atoms with van der Waals surface area (Å²) in [7, 11) is 0. The molecule has 1 aromatic heterocycles. The monoisotopic (exact) mass is 290 g/mol. The summed E-state index contributed by atoms with van der Waals surface area (Å²) in [6.45, 7) is 6.31. The van der Waals surface area contributed by atoms with Crippen molar-refractivity contribution in [1.29, 1.82) is 0 Å². The number of fused-ring (bicyclic) bond motifs is 1. The summed E-state index contributed by atoms with van der Waals surface area (Å²) in [5.41, 5.74) is 6.63. The highest BCUT2D eigenvalue weighted by Gasteiger charge is 2.31. The van der Waals surface area contributed by atoms with E-state index in [1.165, 1.54) is 19.4 Å². The second-order valence-corrected chi connectivity index (χ2v) is 5.63. The number of nitrogens with zero attached hydrogens (tertiary/aromatic N) is 3. The van der Waals surface area contributed by atoms with Crippen LogP contribution in [-0.4, -0.2) is 54.7 Å². The molecule has 2 N–H and O–H groups in total. The minimum absolute atomic E-state index is 0.344. The number of carbonyl (C=O) groups excluding carboxylic acids is 1. The fourth-order valence-corrected chi connectivity index (χ4v) is 3.21. The van der Waals surface area contributed by atoms with Crippen LogP contribution in [0.2, 0.25) is 0 Å². The molecule has 0 aliphatic carbocycles. The Kier molecular flexibility index (Phi) is 3.96. The third-order valence-electron chi connectivity index (χ3n) is 4.33. The summed E-state index contributed by atoms with van der Waals surface area (Å²) in [5, 5.41) is 0. The van der Waals surface area contributed by atoms with Crippen molar-refractivity contribution in [3.05, 3.63) is 17.8 Å². The van der Waals surface area contributed by atoms with Gasteiger partial charge in [0, 0.05) is 25.7 Å².